The van der Waals surface area contributed by atoms with E-state index in [2.05, 4.69) is 15.9 Å². The lowest BCUT2D eigenvalue weighted by molar-refractivity contribution is -0.136. The fourth-order valence-electron chi connectivity index (χ4n) is 3.60. The number of rotatable bonds is 3. The van der Waals surface area contributed by atoms with Gasteiger partial charge in [0.2, 0.25) is 5.88 Å². The zero-order valence-electron chi connectivity index (χ0n) is 15.8. The molecule has 0 aliphatic carbocycles. The van der Waals surface area contributed by atoms with Gasteiger partial charge in [-0.05, 0) is 43.7 Å². The number of nitrogens with zero attached hydrogens (tertiary/aromatic N) is 2. The molecule has 0 saturated carbocycles. The molecule has 1 aliphatic rings. The van der Waals surface area contributed by atoms with E-state index in [1.807, 2.05) is 61.5 Å². The first-order chi connectivity index (χ1) is 13.5. The maximum atomic E-state index is 12.6. The molecule has 0 saturated heterocycles. The summed E-state index contributed by atoms with van der Waals surface area (Å²) in [4.78, 5) is 12.6. The van der Waals surface area contributed by atoms with E-state index < -0.39 is 5.97 Å². The third-order valence-electron chi connectivity index (χ3n) is 4.88. The van der Waals surface area contributed by atoms with Crippen LogP contribution in [-0.2, 0) is 9.53 Å². The lowest BCUT2D eigenvalue weighted by Crippen LogP contribution is -2.23. The van der Waals surface area contributed by atoms with Crippen molar-refractivity contribution >= 4 is 21.9 Å². The van der Waals surface area contributed by atoms with E-state index in [-0.39, 0.29) is 5.92 Å². The minimum absolute atomic E-state index is 0.304. The van der Waals surface area contributed by atoms with E-state index >= 15 is 0 Å². The molecule has 0 unspecified atom stereocenters. The average molecular weight is 439 g/mol. The summed E-state index contributed by atoms with van der Waals surface area (Å²) < 4.78 is 14.0. The minimum Gasteiger partial charge on any atom is -0.466 e. The van der Waals surface area contributed by atoms with Gasteiger partial charge in [-0.2, -0.15) is 5.10 Å². The quantitative estimate of drug-likeness (QED) is 0.544. The zero-order valence-corrected chi connectivity index (χ0v) is 17.4. The van der Waals surface area contributed by atoms with Crippen LogP contribution in [0, 0.1) is 6.92 Å². The smallest absolute Gasteiger partial charge is 0.338 e. The molecule has 1 aromatic heterocycles. The number of esters is 1. The molecule has 4 rings (SSSR count). The highest BCUT2D eigenvalue weighted by atomic mass is 79.9. The first kappa shape index (κ1) is 18.5. The van der Waals surface area contributed by atoms with Gasteiger partial charge in [-0.1, -0.05) is 46.3 Å². The van der Waals surface area contributed by atoms with Crippen molar-refractivity contribution in [3.05, 3.63) is 87.2 Å². The number of carbonyl (C=O) groups excluding carboxylic acids is 1. The Balaban J connectivity index is 1.95. The number of halogens is 1. The van der Waals surface area contributed by atoms with Gasteiger partial charge in [0.05, 0.1) is 35.5 Å². The standard InChI is InChI=1S/C22H19BrN2O3/c1-13-18-20(15-7-5-4-6-8-15)19(22(26)27-3)14(2)28-21(18)25(24-13)17-11-9-16(23)10-12-17/h4-12,20H,1-3H3/t20-/m0/s1. The normalized spacial score (nSPS) is 15.8. The van der Waals surface area contributed by atoms with Gasteiger partial charge in [-0.25, -0.2) is 9.48 Å². The number of aryl methyl sites for hydroxylation is 1. The average Bonchev–Trinajstić information content (AvgIpc) is 3.03. The van der Waals surface area contributed by atoms with Crippen LogP contribution in [0.1, 0.15) is 29.7 Å². The van der Waals surface area contributed by atoms with E-state index in [0.717, 1.165) is 27.0 Å². The van der Waals surface area contributed by atoms with Crippen LogP contribution >= 0.6 is 15.9 Å². The second-order valence-electron chi connectivity index (χ2n) is 6.60. The Bertz CT molecular complexity index is 1070. The van der Waals surface area contributed by atoms with Gasteiger partial charge in [0, 0.05) is 4.47 Å². The number of hydrogen-bond acceptors (Lipinski definition) is 4. The van der Waals surface area contributed by atoms with Crippen LogP contribution in [0.15, 0.2) is 70.4 Å². The fourth-order valence-corrected chi connectivity index (χ4v) is 3.87. The van der Waals surface area contributed by atoms with Crippen molar-refractivity contribution < 1.29 is 14.3 Å². The predicted octanol–water partition coefficient (Wildman–Crippen LogP) is 4.91. The number of benzene rings is 2. The first-order valence-electron chi connectivity index (χ1n) is 8.88. The Morgan fingerprint density at radius 2 is 1.79 bits per heavy atom. The summed E-state index contributed by atoms with van der Waals surface area (Å²) in [5.41, 5.74) is 4.05. The molecule has 142 valence electrons. The summed E-state index contributed by atoms with van der Waals surface area (Å²) in [6.07, 6.45) is 0. The summed E-state index contributed by atoms with van der Waals surface area (Å²) in [5.74, 6) is 0.444. The molecule has 0 amide bonds. The number of allylic oxidation sites excluding steroid dienone is 1. The molecule has 1 aliphatic heterocycles. The monoisotopic (exact) mass is 438 g/mol. The largest absolute Gasteiger partial charge is 0.466 e. The molecule has 5 nitrogen and oxygen atoms in total. The third-order valence-corrected chi connectivity index (χ3v) is 5.41. The molecule has 2 heterocycles. The van der Waals surface area contributed by atoms with E-state index in [9.17, 15) is 4.79 Å². The van der Waals surface area contributed by atoms with Crippen LogP contribution in [0.2, 0.25) is 0 Å². The molecule has 6 heteroatoms. The van der Waals surface area contributed by atoms with Crippen molar-refractivity contribution in [3.8, 4) is 11.6 Å². The zero-order chi connectivity index (χ0) is 19.8. The highest BCUT2D eigenvalue weighted by Gasteiger charge is 2.38. The van der Waals surface area contributed by atoms with Gasteiger partial charge in [0.25, 0.3) is 0 Å². The number of hydrogen-bond donors (Lipinski definition) is 0. The Kier molecular flexibility index (Phi) is 4.81. The lowest BCUT2D eigenvalue weighted by atomic mass is 9.83. The molecular weight excluding hydrogens is 420 g/mol. The molecule has 0 radical (unpaired) electrons. The van der Waals surface area contributed by atoms with Gasteiger partial charge >= 0.3 is 5.97 Å². The van der Waals surface area contributed by atoms with Crippen molar-refractivity contribution in [1.29, 1.82) is 0 Å². The molecule has 28 heavy (non-hydrogen) atoms. The van der Waals surface area contributed by atoms with Crippen molar-refractivity contribution in [2.24, 2.45) is 0 Å². The molecular formula is C22H19BrN2O3. The Labute approximate surface area is 171 Å². The van der Waals surface area contributed by atoms with Crippen molar-refractivity contribution in [2.75, 3.05) is 7.11 Å². The molecule has 2 aromatic carbocycles. The van der Waals surface area contributed by atoms with Gasteiger partial charge in [-0.15, -0.1) is 0 Å². The Morgan fingerprint density at radius 3 is 2.43 bits per heavy atom. The maximum Gasteiger partial charge on any atom is 0.338 e. The second-order valence-corrected chi connectivity index (χ2v) is 7.52. The molecule has 1 atom stereocenters. The number of fused-ring (bicyclic) bond motifs is 1. The molecule has 0 spiro atoms. The summed E-state index contributed by atoms with van der Waals surface area (Å²) in [6, 6.07) is 17.7. The highest BCUT2D eigenvalue weighted by molar-refractivity contribution is 9.10. The van der Waals surface area contributed by atoms with E-state index in [4.69, 9.17) is 14.6 Å². The summed E-state index contributed by atoms with van der Waals surface area (Å²) in [6.45, 7) is 3.72. The van der Waals surface area contributed by atoms with Crippen molar-refractivity contribution in [3.63, 3.8) is 0 Å². The van der Waals surface area contributed by atoms with Gasteiger partial charge in [0.1, 0.15) is 5.76 Å². The molecule has 3 aromatic rings. The topological polar surface area (TPSA) is 53.4 Å². The lowest BCUT2D eigenvalue weighted by Gasteiger charge is -2.27. The molecule has 0 N–H and O–H groups in total. The van der Waals surface area contributed by atoms with Crippen LogP contribution in [0.5, 0.6) is 5.88 Å². The Morgan fingerprint density at radius 1 is 1.11 bits per heavy atom. The summed E-state index contributed by atoms with van der Waals surface area (Å²) in [7, 11) is 1.39. The number of ether oxygens (including phenoxy) is 2. The van der Waals surface area contributed by atoms with Gasteiger partial charge in [0.15, 0.2) is 0 Å². The van der Waals surface area contributed by atoms with Crippen molar-refractivity contribution in [1.82, 2.24) is 9.78 Å². The fraction of sp³-hybridized carbons (Fsp3) is 0.182. The number of methoxy groups -OCH3 is 1. The Hall–Kier alpha value is -2.86. The van der Waals surface area contributed by atoms with Crippen LogP contribution in [-0.4, -0.2) is 22.9 Å². The second kappa shape index (κ2) is 7.28. The van der Waals surface area contributed by atoms with Gasteiger partial charge < -0.3 is 9.47 Å². The summed E-state index contributed by atoms with van der Waals surface area (Å²) >= 11 is 3.46. The number of aromatic nitrogens is 2. The van der Waals surface area contributed by atoms with Crippen LogP contribution in [0.3, 0.4) is 0 Å². The van der Waals surface area contributed by atoms with Crippen LogP contribution in [0.25, 0.3) is 5.69 Å². The third kappa shape index (κ3) is 3.03. The van der Waals surface area contributed by atoms with Crippen LogP contribution in [0.4, 0.5) is 0 Å². The predicted molar refractivity (Wildman–Crippen MR) is 110 cm³/mol. The van der Waals surface area contributed by atoms with Crippen molar-refractivity contribution in [2.45, 2.75) is 19.8 Å². The maximum absolute atomic E-state index is 12.6. The van der Waals surface area contributed by atoms with Gasteiger partial charge in [-0.3, -0.25) is 0 Å². The molecule has 0 fully saturated rings. The van der Waals surface area contributed by atoms with E-state index in [0.29, 0.717) is 17.2 Å². The molecule has 0 bridgehead atoms. The van der Waals surface area contributed by atoms with E-state index in [1.54, 1.807) is 11.6 Å². The number of carbonyl (C=O) groups is 1. The SMILES string of the molecule is COC(=O)C1=C(C)Oc2c(c(C)nn2-c2ccc(Br)cc2)[C@@H]1c1ccccc1. The summed E-state index contributed by atoms with van der Waals surface area (Å²) in [5, 5.41) is 4.72. The van der Waals surface area contributed by atoms with Crippen LogP contribution < -0.4 is 4.74 Å². The minimum atomic E-state index is -0.396. The van der Waals surface area contributed by atoms with E-state index in [1.165, 1.54) is 7.11 Å². The first-order valence-corrected chi connectivity index (χ1v) is 9.68. The highest BCUT2D eigenvalue weighted by Crippen LogP contribution is 2.45.